The predicted octanol–water partition coefficient (Wildman–Crippen LogP) is 3.69. The fraction of sp³-hybridized carbons (Fsp3) is 0.125. The molecule has 0 atom stereocenters. The Morgan fingerprint density at radius 2 is 2.29 bits per heavy atom. The largest absolute Gasteiger partial charge is 0.421 e. The number of carbonyl (C=O) groups excluding carboxylic acids is 1. The molecule has 0 spiro atoms. The van der Waals surface area contributed by atoms with Gasteiger partial charge in [-0.25, -0.2) is 9.18 Å². The summed E-state index contributed by atoms with van der Waals surface area (Å²) in [6, 6.07) is 2.57. The SMILES string of the molecule is Cc1cc(NC(=O)OI)c(F)cc1Cl. The van der Waals surface area contributed by atoms with E-state index in [2.05, 4.69) is 8.38 Å². The number of nitrogens with one attached hydrogen (secondary N) is 1. The molecule has 1 rings (SSSR count). The number of anilines is 1. The van der Waals surface area contributed by atoms with Gasteiger partial charge in [0, 0.05) is 5.02 Å². The number of halogens is 3. The lowest BCUT2D eigenvalue weighted by Crippen LogP contribution is -2.10. The van der Waals surface area contributed by atoms with E-state index in [9.17, 15) is 9.18 Å². The standard InChI is InChI=1S/C8H6ClFINO2/c1-4-2-7(12-8(13)14-11)6(10)3-5(4)9/h2-3H,1H3,(H,12,13). The Kier molecular flexibility index (Phi) is 3.94. The first-order valence-corrected chi connectivity index (χ1v) is 4.85. The average molecular weight is 329 g/mol. The van der Waals surface area contributed by atoms with E-state index in [1.54, 1.807) is 6.92 Å². The summed E-state index contributed by atoms with van der Waals surface area (Å²) in [5.74, 6) is -0.595. The van der Waals surface area contributed by atoms with E-state index >= 15 is 0 Å². The van der Waals surface area contributed by atoms with Gasteiger partial charge in [0.2, 0.25) is 0 Å². The Hall–Kier alpha value is -0.560. The fourth-order valence-corrected chi connectivity index (χ4v) is 1.14. The van der Waals surface area contributed by atoms with Crippen molar-refractivity contribution >= 4 is 46.4 Å². The fourth-order valence-electron chi connectivity index (χ4n) is 0.882. The minimum absolute atomic E-state index is 0.0496. The molecule has 3 nitrogen and oxygen atoms in total. The topological polar surface area (TPSA) is 38.3 Å². The van der Waals surface area contributed by atoms with Crippen molar-refractivity contribution in [1.29, 1.82) is 0 Å². The first-order chi connectivity index (χ1) is 6.54. The summed E-state index contributed by atoms with van der Waals surface area (Å²) >= 11 is 7.08. The number of amides is 1. The van der Waals surface area contributed by atoms with Crippen LogP contribution in [0, 0.1) is 12.7 Å². The number of aryl methyl sites for hydroxylation is 1. The van der Waals surface area contributed by atoms with Crippen molar-refractivity contribution in [1.82, 2.24) is 0 Å². The molecule has 0 saturated heterocycles. The molecule has 14 heavy (non-hydrogen) atoms. The van der Waals surface area contributed by atoms with E-state index in [1.807, 2.05) is 0 Å². The highest BCUT2D eigenvalue weighted by molar-refractivity contribution is 14.1. The molecular formula is C8H6ClFINO2. The van der Waals surface area contributed by atoms with E-state index < -0.39 is 11.9 Å². The number of hydrogen-bond donors (Lipinski definition) is 1. The van der Waals surface area contributed by atoms with E-state index in [4.69, 9.17) is 11.6 Å². The Balaban J connectivity index is 2.98. The molecule has 0 fully saturated rings. The van der Waals surface area contributed by atoms with Gasteiger partial charge in [0.15, 0.2) is 23.0 Å². The molecule has 0 radical (unpaired) electrons. The van der Waals surface area contributed by atoms with Gasteiger partial charge in [0.05, 0.1) is 5.69 Å². The monoisotopic (exact) mass is 329 g/mol. The zero-order chi connectivity index (χ0) is 10.7. The molecule has 0 aromatic heterocycles. The summed E-state index contributed by atoms with van der Waals surface area (Å²) in [5, 5.41) is 2.54. The summed E-state index contributed by atoms with van der Waals surface area (Å²) in [6.45, 7) is 1.71. The number of carbonyl (C=O) groups is 1. The van der Waals surface area contributed by atoms with Gasteiger partial charge in [-0.3, -0.25) is 5.32 Å². The van der Waals surface area contributed by atoms with E-state index in [0.29, 0.717) is 10.6 Å². The number of hydrogen-bond acceptors (Lipinski definition) is 2. The molecule has 0 bridgehead atoms. The second kappa shape index (κ2) is 4.79. The van der Waals surface area contributed by atoms with Crippen LogP contribution >= 0.6 is 34.6 Å². The van der Waals surface area contributed by atoms with Crippen LogP contribution in [-0.2, 0) is 3.07 Å². The van der Waals surface area contributed by atoms with Crippen LogP contribution in [0.3, 0.4) is 0 Å². The molecule has 0 aliphatic rings. The van der Waals surface area contributed by atoms with Crippen molar-refractivity contribution in [3.8, 4) is 0 Å². The lowest BCUT2D eigenvalue weighted by Gasteiger charge is -2.06. The number of rotatable bonds is 1. The predicted molar refractivity (Wildman–Crippen MR) is 60.3 cm³/mol. The maximum Gasteiger partial charge on any atom is 0.421 e. The quantitative estimate of drug-likeness (QED) is 0.798. The van der Waals surface area contributed by atoms with Crippen LogP contribution in [0.25, 0.3) is 0 Å². The summed E-state index contributed by atoms with van der Waals surface area (Å²) in [6.07, 6.45) is -0.730. The Labute approximate surface area is 99.3 Å². The Morgan fingerprint density at radius 1 is 1.64 bits per heavy atom. The molecule has 6 heteroatoms. The molecule has 1 aromatic carbocycles. The van der Waals surface area contributed by atoms with E-state index in [-0.39, 0.29) is 5.69 Å². The summed E-state index contributed by atoms with van der Waals surface area (Å²) in [7, 11) is 0. The molecule has 1 aromatic rings. The smallest absolute Gasteiger partial charge is 0.378 e. The van der Waals surface area contributed by atoms with Crippen molar-refractivity contribution in [2.45, 2.75) is 6.92 Å². The highest BCUT2D eigenvalue weighted by Crippen LogP contribution is 2.23. The second-order valence-corrected chi connectivity index (χ2v) is 3.42. The minimum Gasteiger partial charge on any atom is -0.378 e. The van der Waals surface area contributed by atoms with Gasteiger partial charge in [0.1, 0.15) is 5.82 Å². The Morgan fingerprint density at radius 3 is 2.86 bits per heavy atom. The van der Waals surface area contributed by atoms with Crippen LogP contribution < -0.4 is 5.32 Å². The third-order valence-corrected chi connectivity index (χ3v) is 2.36. The zero-order valence-corrected chi connectivity index (χ0v) is 10.0. The highest BCUT2D eigenvalue weighted by Gasteiger charge is 2.09. The van der Waals surface area contributed by atoms with Gasteiger partial charge in [-0.2, -0.15) is 0 Å². The van der Waals surface area contributed by atoms with Crippen molar-refractivity contribution < 1.29 is 12.3 Å². The molecule has 0 heterocycles. The first kappa shape index (κ1) is 11.5. The average Bonchev–Trinajstić information content (AvgIpc) is 2.14. The third-order valence-electron chi connectivity index (χ3n) is 1.56. The molecule has 76 valence electrons. The van der Waals surface area contributed by atoms with Crippen molar-refractivity contribution in [3.63, 3.8) is 0 Å². The van der Waals surface area contributed by atoms with Gasteiger partial charge in [-0.15, -0.1) is 0 Å². The third kappa shape index (κ3) is 2.71. The van der Waals surface area contributed by atoms with Crippen molar-refractivity contribution in [2.24, 2.45) is 0 Å². The molecule has 0 saturated carbocycles. The van der Waals surface area contributed by atoms with Gasteiger partial charge in [-0.1, -0.05) is 11.6 Å². The second-order valence-electron chi connectivity index (χ2n) is 2.57. The lowest BCUT2D eigenvalue weighted by atomic mass is 10.2. The van der Waals surface area contributed by atoms with Gasteiger partial charge < -0.3 is 3.07 Å². The van der Waals surface area contributed by atoms with Crippen LogP contribution in [0.2, 0.25) is 5.02 Å². The van der Waals surface area contributed by atoms with Crippen LogP contribution in [0.4, 0.5) is 14.9 Å². The van der Waals surface area contributed by atoms with Crippen molar-refractivity contribution in [2.75, 3.05) is 5.32 Å². The van der Waals surface area contributed by atoms with Crippen molar-refractivity contribution in [3.05, 3.63) is 28.5 Å². The zero-order valence-electron chi connectivity index (χ0n) is 7.11. The van der Waals surface area contributed by atoms with Crippen LogP contribution in [0.15, 0.2) is 12.1 Å². The maximum absolute atomic E-state index is 13.2. The van der Waals surface area contributed by atoms with Crippen LogP contribution in [0.5, 0.6) is 0 Å². The van der Waals surface area contributed by atoms with Gasteiger partial charge in [-0.05, 0) is 24.6 Å². The normalized spacial score (nSPS) is 9.71. The van der Waals surface area contributed by atoms with E-state index in [1.165, 1.54) is 29.1 Å². The number of benzene rings is 1. The van der Waals surface area contributed by atoms with Gasteiger partial charge >= 0.3 is 6.09 Å². The maximum atomic E-state index is 13.2. The summed E-state index contributed by atoms with van der Waals surface area (Å²) in [4.78, 5) is 10.8. The molecule has 0 aliphatic heterocycles. The molecule has 0 aliphatic carbocycles. The van der Waals surface area contributed by atoms with Crippen LogP contribution in [-0.4, -0.2) is 6.09 Å². The Bertz CT molecular complexity index is 373. The highest BCUT2D eigenvalue weighted by atomic mass is 127. The first-order valence-electron chi connectivity index (χ1n) is 3.60. The van der Waals surface area contributed by atoms with Crippen LogP contribution in [0.1, 0.15) is 5.56 Å². The molecular weight excluding hydrogens is 323 g/mol. The van der Waals surface area contributed by atoms with E-state index in [0.717, 1.165) is 6.07 Å². The molecule has 0 unspecified atom stereocenters. The lowest BCUT2D eigenvalue weighted by molar-refractivity contribution is 0.228. The summed E-state index contributed by atoms with van der Waals surface area (Å²) in [5.41, 5.74) is 0.727. The minimum atomic E-state index is -0.730. The molecule has 1 amide bonds. The molecule has 1 N–H and O–H groups in total. The summed E-state index contributed by atoms with van der Waals surface area (Å²) < 4.78 is 17.5. The van der Waals surface area contributed by atoms with Gasteiger partial charge in [0.25, 0.3) is 0 Å².